The number of piperidine rings is 1. The normalized spacial score (nSPS) is 22.3. The van der Waals surface area contributed by atoms with Crippen LogP contribution in [0.1, 0.15) is 46.5 Å². The van der Waals surface area contributed by atoms with Gasteiger partial charge < -0.3 is 9.80 Å². The zero-order chi connectivity index (χ0) is 14.6. The number of rotatable bonds is 3. The molecule has 0 saturated carbocycles. The van der Waals surface area contributed by atoms with Gasteiger partial charge in [0.1, 0.15) is 0 Å². The van der Waals surface area contributed by atoms with Crippen molar-refractivity contribution >= 4 is 0 Å². The maximum Gasteiger partial charge on any atom is 0.0183 e. The van der Waals surface area contributed by atoms with Gasteiger partial charge in [-0.05, 0) is 57.2 Å². The summed E-state index contributed by atoms with van der Waals surface area (Å²) in [6, 6.07) is 0. The van der Waals surface area contributed by atoms with Crippen LogP contribution >= 0.6 is 0 Å². The van der Waals surface area contributed by atoms with Crippen molar-refractivity contribution in [2.45, 2.75) is 46.5 Å². The third-order valence-corrected chi connectivity index (χ3v) is 4.78. The molecular formula is C18H30N2. The van der Waals surface area contributed by atoms with Gasteiger partial charge >= 0.3 is 0 Å². The number of nitrogens with zero attached hydrogens (tertiary/aromatic N) is 2. The Morgan fingerprint density at radius 2 is 1.75 bits per heavy atom. The molecule has 112 valence electrons. The second-order valence-electron chi connectivity index (χ2n) is 6.65. The Bertz CT molecular complexity index is 405. The van der Waals surface area contributed by atoms with E-state index in [2.05, 4.69) is 62.0 Å². The largest absolute Gasteiger partial charge is 0.381 e. The van der Waals surface area contributed by atoms with Crippen molar-refractivity contribution in [2.24, 2.45) is 5.41 Å². The van der Waals surface area contributed by atoms with Crippen LogP contribution in [0.4, 0.5) is 0 Å². The first-order chi connectivity index (χ1) is 9.54. The second-order valence-corrected chi connectivity index (χ2v) is 6.65. The summed E-state index contributed by atoms with van der Waals surface area (Å²) in [5, 5.41) is 0. The summed E-state index contributed by atoms with van der Waals surface area (Å²) in [6.45, 7) is 10.2. The Kier molecular flexibility index (Phi) is 4.95. The molecule has 0 radical (unpaired) electrons. The summed E-state index contributed by atoms with van der Waals surface area (Å²) in [6.07, 6.45) is 14.4. The molecule has 2 rings (SSSR count). The first-order valence-corrected chi connectivity index (χ1v) is 8.03. The molecule has 0 aromatic rings. The minimum absolute atomic E-state index is 0.484. The SMILES string of the molecule is CC/C(=C\C=C(C)C)N1CCC2(C=CN(C)CC2)CC1. The van der Waals surface area contributed by atoms with E-state index in [4.69, 9.17) is 0 Å². The summed E-state index contributed by atoms with van der Waals surface area (Å²) in [5.41, 5.74) is 3.36. The van der Waals surface area contributed by atoms with Crippen molar-refractivity contribution in [3.8, 4) is 0 Å². The van der Waals surface area contributed by atoms with Crippen LogP contribution < -0.4 is 0 Å². The highest BCUT2D eigenvalue weighted by Crippen LogP contribution is 2.39. The van der Waals surface area contributed by atoms with Gasteiger partial charge in [-0.15, -0.1) is 0 Å². The molecule has 0 aromatic heterocycles. The van der Waals surface area contributed by atoms with E-state index in [1.54, 1.807) is 0 Å². The van der Waals surface area contributed by atoms with Gasteiger partial charge in [-0.25, -0.2) is 0 Å². The van der Waals surface area contributed by atoms with E-state index in [1.165, 1.54) is 50.2 Å². The van der Waals surface area contributed by atoms with Crippen LogP contribution in [-0.4, -0.2) is 36.5 Å². The fourth-order valence-corrected chi connectivity index (χ4v) is 3.21. The molecule has 0 bridgehead atoms. The van der Waals surface area contributed by atoms with E-state index in [0.717, 1.165) is 6.42 Å². The molecule has 2 aliphatic heterocycles. The highest BCUT2D eigenvalue weighted by atomic mass is 15.1. The molecule has 0 atom stereocenters. The summed E-state index contributed by atoms with van der Waals surface area (Å²) in [5.74, 6) is 0. The van der Waals surface area contributed by atoms with Crippen molar-refractivity contribution in [1.29, 1.82) is 0 Å². The lowest BCUT2D eigenvalue weighted by atomic mass is 9.74. The van der Waals surface area contributed by atoms with E-state index in [-0.39, 0.29) is 0 Å². The van der Waals surface area contributed by atoms with E-state index in [1.807, 2.05) is 0 Å². The van der Waals surface area contributed by atoms with Gasteiger partial charge in [-0.1, -0.05) is 24.6 Å². The summed E-state index contributed by atoms with van der Waals surface area (Å²) in [7, 11) is 2.18. The van der Waals surface area contributed by atoms with Gasteiger partial charge in [0.15, 0.2) is 0 Å². The van der Waals surface area contributed by atoms with Gasteiger partial charge in [-0.2, -0.15) is 0 Å². The molecule has 1 saturated heterocycles. The van der Waals surface area contributed by atoms with E-state index in [9.17, 15) is 0 Å². The third-order valence-electron chi connectivity index (χ3n) is 4.78. The molecule has 2 nitrogen and oxygen atoms in total. The van der Waals surface area contributed by atoms with Crippen molar-refractivity contribution in [2.75, 3.05) is 26.7 Å². The van der Waals surface area contributed by atoms with Crippen LogP contribution in [0.2, 0.25) is 0 Å². The van der Waals surface area contributed by atoms with Crippen LogP contribution in [0.3, 0.4) is 0 Å². The van der Waals surface area contributed by atoms with Gasteiger partial charge in [-0.3, -0.25) is 0 Å². The van der Waals surface area contributed by atoms with Crippen molar-refractivity contribution in [1.82, 2.24) is 9.80 Å². The first kappa shape index (κ1) is 15.2. The lowest BCUT2D eigenvalue weighted by Gasteiger charge is -2.44. The van der Waals surface area contributed by atoms with Crippen LogP contribution in [-0.2, 0) is 0 Å². The summed E-state index contributed by atoms with van der Waals surface area (Å²) < 4.78 is 0. The highest BCUT2D eigenvalue weighted by molar-refractivity contribution is 5.16. The smallest absolute Gasteiger partial charge is 0.0183 e. The molecule has 0 unspecified atom stereocenters. The predicted molar refractivity (Wildman–Crippen MR) is 87.4 cm³/mol. The lowest BCUT2D eigenvalue weighted by molar-refractivity contribution is 0.138. The molecule has 2 heterocycles. The molecule has 0 aromatic carbocycles. The number of allylic oxidation sites excluding steroid dienone is 5. The molecule has 2 heteroatoms. The molecule has 1 spiro atoms. The summed E-state index contributed by atoms with van der Waals surface area (Å²) in [4.78, 5) is 4.90. The molecule has 0 aliphatic carbocycles. The Hall–Kier alpha value is -1.18. The average molecular weight is 274 g/mol. The predicted octanol–water partition coefficient (Wildman–Crippen LogP) is 4.18. The zero-order valence-electron chi connectivity index (χ0n) is 13.7. The minimum Gasteiger partial charge on any atom is -0.381 e. The summed E-state index contributed by atoms with van der Waals surface area (Å²) >= 11 is 0. The third kappa shape index (κ3) is 3.68. The number of hydrogen-bond acceptors (Lipinski definition) is 2. The average Bonchev–Trinajstić information content (AvgIpc) is 2.45. The zero-order valence-corrected chi connectivity index (χ0v) is 13.7. The van der Waals surface area contributed by atoms with Gasteiger partial charge in [0.2, 0.25) is 0 Å². The monoisotopic (exact) mass is 274 g/mol. The molecule has 0 N–H and O–H groups in total. The fourth-order valence-electron chi connectivity index (χ4n) is 3.21. The molecular weight excluding hydrogens is 244 g/mol. The molecule has 2 aliphatic rings. The maximum absolute atomic E-state index is 2.59. The number of hydrogen-bond donors (Lipinski definition) is 0. The Balaban J connectivity index is 1.98. The Morgan fingerprint density at radius 3 is 2.25 bits per heavy atom. The number of likely N-dealkylation sites (tertiary alicyclic amines) is 1. The molecule has 0 amide bonds. The van der Waals surface area contributed by atoms with Gasteiger partial charge in [0, 0.05) is 32.4 Å². The Labute approximate surface area is 124 Å². The standard InChI is InChI=1S/C18H30N2/c1-5-17(7-6-16(2)3)20-14-10-18(11-15-20)8-12-19(4)13-9-18/h6-8,12H,5,9-11,13-15H2,1-4H3/b17-7+. The van der Waals surface area contributed by atoms with Crippen LogP contribution in [0.5, 0.6) is 0 Å². The van der Waals surface area contributed by atoms with Crippen LogP contribution in [0.15, 0.2) is 35.7 Å². The van der Waals surface area contributed by atoms with Crippen molar-refractivity contribution in [3.63, 3.8) is 0 Å². The second kappa shape index (κ2) is 6.51. The van der Waals surface area contributed by atoms with Crippen LogP contribution in [0, 0.1) is 5.41 Å². The highest BCUT2D eigenvalue weighted by Gasteiger charge is 2.34. The first-order valence-electron chi connectivity index (χ1n) is 8.03. The van der Waals surface area contributed by atoms with E-state index >= 15 is 0 Å². The van der Waals surface area contributed by atoms with Gasteiger partial charge in [0.25, 0.3) is 0 Å². The molecule has 1 fully saturated rings. The van der Waals surface area contributed by atoms with Crippen molar-refractivity contribution < 1.29 is 0 Å². The van der Waals surface area contributed by atoms with E-state index < -0.39 is 0 Å². The Morgan fingerprint density at radius 1 is 1.10 bits per heavy atom. The topological polar surface area (TPSA) is 6.48 Å². The minimum atomic E-state index is 0.484. The van der Waals surface area contributed by atoms with Gasteiger partial charge in [0.05, 0.1) is 0 Å². The quantitative estimate of drug-likeness (QED) is 0.712. The fraction of sp³-hybridized carbons (Fsp3) is 0.667. The van der Waals surface area contributed by atoms with Crippen LogP contribution in [0.25, 0.3) is 0 Å². The lowest BCUT2D eigenvalue weighted by Crippen LogP contribution is -2.41. The maximum atomic E-state index is 2.59. The van der Waals surface area contributed by atoms with Crippen molar-refractivity contribution in [3.05, 3.63) is 35.7 Å². The van der Waals surface area contributed by atoms with E-state index in [0.29, 0.717) is 5.41 Å². The molecule has 20 heavy (non-hydrogen) atoms.